The van der Waals surface area contributed by atoms with Crippen LogP contribution in [0.1, 0.15) is 35.3 Å². The lowest BCUT2D eigenvalue weighted by atomic mass is 9.78. The van der Waals surface area contributed by atoms with E-state index in [2.05, 4.69) is 17.1 Å². The SMILES string of the molecule is O=C(c1cc2ccccc2[nH]1)N1CC[C@]2(CCCN(CCc3ccccc3)C2=O)C1. The molecule has 5 rings (SSSR count). The van der Waals surface area contributed by atoms with E-state index in [1.54, 1.807) is 0 Å². The van der Waals surface area contributed by atoms with E-state index in [4.69, 9.17) is 0 Å². The Bertz CT molecular complexity index is 1040. The minimum atomic E-state index is -0.406. The lowest BCUT2D eigenvalue weighted by Gasteiger charge is -2.39. The normalized spacial score (nSPS) is 21.7. The van der Waals surface area contributed by atoms with Crippen molar-refractivity contribution < 1.29 is 9.59 Å². The summed E-state index contributed by atoms with van der Waals surface area (Å²) in [6.45, 7) is 2.75. The van der Waals surface area contributed by atoms with Crippen LogP contribution in [0.15, 0.2) is 60.7 Å². The van der Waals surface area contributed by atoms with Gasteiger partial charge in [-0.25, -0.2) is 0 Å². The van der Waals surface area contributed by atoms with E-state index < -0.39 is 5.41 Å². The molecule has 0 unspecified atom stereocenters. The van der Waals surface area contributed by atoms with Crippen molar-refractivity contribution in [2.75, 3.05) is 26.2 Å². The molecule has 2 saturated heterocycles. The molecule has 3 heterocycles. The topological polar surface area (TPSA) is 56.4 Å². The Morgan fingerprint density at radius 3 is 2.63 bits per heavy atom. The molecule has 30 heavy (non-hydrogen) atoms. The van der Waals surface area contributed by atoms with Crippen molar-refractivity contribution in [2.24, 2.45) is 5.41 Å². The third kappa shape index (κ3) is 3.38. The van der Waals surface area contributed by atoms with Crippen molar-refractivity contribution >= 4 is 22.7 Å². The first-order valence-electron chi connectivity index (χ1n) is 10.8. The van der Waals surface area contributed by atoms with Crippen LogP contribution in [0.3, 0.4) is 0 Å². The van der Waals surface area contributed by atoms with Crippen molar-refractivity contribution in [1.82, 2.24) is 14.8 Å². The first kappa shape index (κ1) is 18.9. The molecule has 1 N–H and O–H groups in total. The molecule has 1 spiro atoms. The molecule has 2 amide bonds. The summed E-state index contributed by atoms with van der Waals surface area (Å²) in [4.78, 5) is 33.6. The number of benzene rings is 2. The number of hydrogen-bond acceptors (Lipinski definition) is 2. The van der Waals surface area contributed by atoms with Crippen molar-refractivity contribution in [1.29, 1.82) is 0 Å². The highest BCUT2D eigenvalue weighted by atomic mass is 16.2. The second kappa shape index (κ2) is 7.63. The van der Waals surface area contributed by atoms with E-state index in [0.29, 0.717) is 18.8 Å². The zero-order valence-electron chi connectivity index (χ0n) is 17.1. The largest absolute Gasteiger partial charge is 0.351 e. The zero-order valence-corrected chi connectivity index (χ0v) is 17.1. The van der Waals surface area contributed by atoms with Gasteiger partial charge in [-0.1, -0.05) is 48.5 Å². The fraction of sp³-hybridized carbons (Fsp3) is 0.360. The van der Waals surface area contributed by atoms with Crippen molar-refractivity contribution in [2.45, 2.75) is 25.7 Å². The second-order valence-electron chi connectivity index (χ2n) is 8.66. The number of carbonyl (C=O) groups is 2. The summed E-state index contributed by atoms with van der Waals surface area (Å²) in [5.74, 6) is 0.230. The van der Waals surface area contributed by atoms with Crippen LogP contribution in [0.4, 0.5) is 0 Å². The molecule has 1 atom stereocenters. The maximum Gasteiger partial charge on any atom is 0.270 e. The first-order chi connectivity index (χ1) is 14.6. The number of H-pyrrole nitrogens is 1. The van der Waals surface area contributed by atoms with Crippen LogP contribution in [0, 0.1) is 5.41 Å². The van der Waals surface area contributed by atoms with Gasteiger partial charge in [0.25, 0.3) is 5.91 Å². The molecule has 5 nitrogen and oxygen atoms in total. The minimum absolute atomic E-state index is 0.00251. The lowest BCUT2D eigenvalue weighted by Crippen LogP contribution is -2.50. The molecule has 2 aromatic carbocycles. The van der Waals surface area contributed by atoms with Gasteiger partial charge in [0.1, 0.15) is 5.69 Å². The number of nitrogens with one attached hydrogen (secondary N) is 1. The van der Waals surface area contributed by atoms with Crippen LogP contribution in [-0.4, -0.2) is 52.8 Å². The lowest BCUT2D eigenvalue weighted by molar-refractivity contribution is -0.145. The van der Waals surface area contributed by atoms with Crippen LogP contribution in [-0.2, 0) is 11.2 Å². The monoisotopic (exact) mass is 401 g/mol. The van der Waals surface area contributed by atoms with Gasteiger partial charge in [0.15, 0.2) is 0 Å². The number of amides is 2. The average Bonchev–Trinajstić information content (AvgIpc) is 3.40. The zero-order chi connectivity index (χ0) is 20.6. The third-order valence-corrected chi connectivity index (χ3v) is 6.74. The van der Waals surface area contributed by atoms with Crippen molar-refractivity contribution in [3.63, 3.8) is 0 Å². The molecule has 2 fully saturated rings. The number of aromatic nitrogens is 1. The Morgan fingerprint density at radius 1 is 1.00 bits per heavy atom. The Balaban J connectivity index is 1.28. The van der Waals surface area contributed by atoms with Crippen LogP contribution >= 0.6 is 0 Å². The number of nitrogens with zero attached hydrogens (tertiary/aromatic N) is 2. The number of likely N-dealkylation sites (tertiary alicyclic amines) is 2. The predicted molar refractivity (Wildman–Crippen MR) is 117 cm³/mol. The van der Waals surface area contributed by atoms with Crippen LogP contribution in [0.25, 0.3) is 10.9 Å². The molecular formula is C25H27N3O2. The second-order valence-corrected chi connectivity index (χ2v) is 8.66. The summed E-state index contributed by atoms with van der Waals surface area (Å²) in [5, 5.41) is 1.04. The van der Waals surface area contributed by atoms with Gasteiger partial charge in [-0.2, -0.15) is 0 Å². The summed E-state index contributed by atoms with van der Waals surface area (Å²) in [5.41, 5.74) is 2.43. The Labute approximate surface area is 176 Å². The molecule has 5 heteroatoms. The van der Waals surface area contributed by atoms with E-state index in [0.717, 1.165) is 49.7 Å². The third-order valence-electron chi connectivity index (χ3n) is 6.74. The Morgan fingerprint density at radius 2 is 1.80 bits per heavy atom. The average molecular weight is 402 g/mol. The van der Waals surface area contributed by atoms with Gasteiger partial charge in [0.05, 0.1) is 5.41 Å². The van der Waals surface area contributed by atoms with E-state index >= 15 is 0 Å². The highest BCUT2D eigenvalue weighted by Gasteiger charge is 2.49. The van der Waals surface area contributed by atoms with Gasteiger partial charge in [-0.05, 0) is 43.4 Å². The highest BCUT2D eigenvalue weighted by molar-refractivity contribution is 5.98. The predicted octanol–water partition coefficient (Wildman–Crippen LogP) is 3.87. The summed E-state index contributed by atoms with van der Waals surface area (Å²) in [6, 6.07) is 20.2. The number of rotatable bonds is 4. The van der Waals surface area contributed by atoms with E-state index in [1.165, 1.54) is 5.56 Å². The summed E-state index contributed by atoms with van der Waals surface area (Å²) < 4.78 is 0. The van der Waals surface area contributed by atoms with Gasteiger partial charge in [0.2, 0.25) is 5.91 Å². The molecule has 154 valence electrons. The summed E-state index contributed by atoms with van der Waals surface area (Å²) >= 11 is 0. The molecular weight excluding hydrogens is 374 g/mol. The summed E-state index contributed by atoms with van der Waals surface area (Å²) in [6.07, 6.45) is 3.53. The fourth-order valence-corrected chi connectivity index (χ4v) is 5.06. The number of hydrogen-bond donors (Lipinski definition) is 1. The number of piperidine rings is 1. The Kier molecular flexibility index (Phi) is 4.81. The number of aromatic amines is 1. The van der Waals surface area contributed by atoms with Gasteiger partial charge >= 0.3 is 0 Å². The van der Waals surface area contributed by atoms with Crippen LogP contribution in [0.2, 0.25) is 0 Å². The van der Waals surface area contributed by atoms with Crippen LogP contribution in [0.5, 0.6) is 0 Å². The minimum Gasteiger partial charge on any atom is -0.351 e. The van der Waals surface area contributed by atoms with Gasteiger partial charge in [-0.15, -0.1) is 0 Å². The molecule has 2 aliphatic heterocycles. The maximum atomic E-state index is 13.4. The highest BCUT2D eigenvalue weighted by Crippen LogP contribution is 2.40. The smallest absolute Gasteiger partial charge is 0.270 e. The van der Waals surface area contributed by atoms with Crippen LogP contribution < -0.4 is 0 Å². The number of carbonyl (C=O) groups excluding carboxylic acids is 2. The molecule has 0 saturated carbocycles. The van der Waals surface area contributed by atoms with Gasteiger partial charge in [0, 0.05) is 37.1 Å². The molecule has 0 aliphatic carbocycles. The first-order valence-corrected chi connectivity index (χ1v) is 10.8. The molecule has 3 aromatic rings. The van der Waals surface area contributed by atoms with Gasteiger partial charge in [-0.3, -0.25) is 9.59 Å². The van der Waals surface area contributed by atoms with E-state index in [1.807, 2.05) is 58.3 Å². The maximum absolute atomic E-state index is 13.4. The van der Waals surface area contributed by atoms with Crippen molar-refractivity contribution in [3.05, 3.63) is 71.9 Å². The molecule has 2 aliphatic rings. The Hall–Kier alpha value is -3.08. The fourth-order valence-electron chi connectivity index (χ4n) is 5.06. The van der Waals surface area contributed by atoms with E-state index in [-0.39, 0.29) is 11.8 Å². The van der Waals surface area contributed by atoms with Gasteiger partial charge < -0.3 is 14.8 Å². The number of fused-ring (bicyclic) bond motifs is 1. The quantitative estimate of drug-likeness (QED) is 0.722. The molecule has 0 bridgehead atoms. The number of para-hydroxylation sites is 1. The molecule has 0 radical (unpaired) electrons. The summed E-state index contributed by atoms with van der Waals surface area (Å²) in [7, 11) is 0. The van der Waals surface area contributed by atoms with Crippen molar-refractivity contribution in [3.8, 4) is 0 Å². The standard InChI is InChI=1S/C25H27N3O2/c29-23(22-17-20-9-4-5-10-21(20)26-22)28-16-13-25(18-28)12-6-14-27(24(25)30)15-11-19-7-2-1-3-8-19/h1-5,7-10,17,26H,6,11-16,18H2/t25-/m1/s1. The van der Waals surface area contributed by atoms with E-state index in [9.17, 15) is 9.59 Å². The molecule has 1 aromatic heterocycles.